The summed E-state index contributed by atoms with van der Waals surface area (Å²) in [5, 5.41) is 0.271. The lowest BCUT2D eigenvalue weighted by molar-refractivity contribution is 0.325. The molecule has 0 amide bonds. The summed E-state index contributed by atoms with van der Waals surface area (Å²) >= 11 is 5.74. The minimum Gasteiger partial charge on any atom is -0.497 e. The van der Waals surface area contributed by atoms with Crippen molar-refractivity contribution in [2.45, 2.75) is 24.3 Å². The number of nitrogens with zero attached hydrogens (tertiary/aromatic N) is 2. The third-order valence-corrected chi connectivity index (χ3v) is 6.32. The first kappa shape index (κ1) is 16.2. The van der Waals surface area contributed by atoms with Gasteiger partial charge in [-0.05, 0) is 48.7 Å². The van der Waals surface area contributed by atoms with Crippen LogP contribution in [-0.2, 0) is 16.4 Å². The van der Waals surface area contributed by atoms with Crippen LogP contribution in [-0.4, -0.2) is 31.4 Å². The predicted octanol–water partition coefficient (Wildman–Crippen LogP) is 3.05. The van der Waals surface area contributed by atoms with Crippen molar-refractivity contribution >= 4 is 21.6 Å². The number of aromatic nitrogens is 1. The van der Waals surface area contributed by atoms with Crippen LogP contribution in [0.4, 0.5) is 0 Å². The van der Waals surface area contributed by atoms with Crippen LogP contribution in [0.15, 0.2) is 41.4 Å². The number of sulfonamides is 1. The molecule has 0 fully saturated rings. The number of hydrogen-bond acceptors (Lipinski definition) is 4. The Morgan fingerprint density at radius 2 is 2.09 bits per heavy atom. The summed E-state index contributed by atoms with van der Waals surface area (Å²) in [4.78, 5) is 4.03. The van der Waals surface area contributed by atoms with E-state index in [0.29, 0.717) is 13.0 Å². The lowest BCUT2D eigenvalue weighted by Crippen LogP contribution is -2.38. The van der Waals surface area contributed by atoms with E-state index in [4.69, 9.17) is 16.3 Å². The van der Waals surface area contributed by atoms with Gasteiger partial charge < -0.3 is 4.74 Å². The molecule has 1 aromatic carbocycles. The van der Waals surface area contributed by atoms with Crippen LogP contribution in [0.2, 0.25) is 5.15 Å². The normalized spacial score (nSPS) is 18.5. The largest absolute Gasteiger partial charge is 0.497 e. The van der Waals surface area contributed by atoms with Crippen molar-refractivity contribution in [1.82, 2.24) is 9.29 Å². The summed E-state index contributed by atoms with van der Waals surface area (Å²) in [5.41, 5.74) is 2.13. The fourth-order valence-corrected chi connectivity index (χ4v) is 4.56. The maximum Gasteiger partial charge on any atom is 0.245 e. The first-order chi connectivity index (χ1) is 10.9. The van der Waals surface area contributed by atoms with Gasteiger partial charge in [-0.25, -0.2) is 13.4 Å². The van der Waals surface area contributed by atoms with E-state index in [1.54, 1.807) is 7.11 Å². The maximum atomic E-state index is 12.9. The molecule has 0 saturated carbocycles. The molecular formula is C16H17ClN2O3S. The van der Waals surface area contributed by atoms with Gasteiger partial charge in [-0.1, -0.05) is 17.7 Å². The Labute approximate surface area is 140 Å². The van der Waals surface area contributed by atoms with Gasteiger partial charge in [-0.3, -0.25) is 0 Å². The molecular weight excluding hydrogens is 336 g/mol. The summed E-state index contributed by atoms with van der Waals surface area (Å²) in [6.45, 7) is 2.32. The fraction of sp³-hybridized carbons (Fsp3) is 0.312. The van der Waals surface area contributed by atoms with Crippen molar-refractivity contribution in [3.05, 3.63) is 52.8 Å². The minimum atomic E-state index is -3.61. The highest BCUT2D eigenvalue weighted by Gasteiger charge is 2.34. The van der Waals surface area contributed by atoms with Crippen molar-refractivity contribution in [1.29, 1.82) is 0 Å². The van der Waals surface area contributed by atoms with E-state index in [-0.39, 0.29) is 16.1 Å². The van der Waals surface area contributed by atoms with Crippen molar-refractivity contribution < 1.29 is 13.2 Å². The zero-order valence-corrected chi connectivity index (χ0v) is 14.4. The van der Waals surface area contributed by atoms with Gasteiger partial charge in [0.2, 0.25) is 10.0 Å². The van der Waals surface area contributed by atoms with Gasteiger partial charge in [0.15, 0.2) is 0 Å². The van der Waals surface area contributed by atoms with E-state index in [1.807, 2.05) is 25.1 Å². The van der Waals surface area contributed by atoms with E-state index in [9.17, 15) is 8.42 Å². The molecule has 122 valence electrons. The molecule has 1 atom stereocenters. The average Bonchev–Trinajstić information content (AvgIpc) is 2.55. The first-order valence-electron chi connectivity index (χ1n) is 7.23. The number of halogens is 1. The van der Waals surface area contributed by atoms with Gasteiger partial charge in [0, 0.05) is 18.8 Å². The predicted molar refractivity (Wildman–Crippen MR) is 88.3 cm³/mol. The Kier molecular flexibility index (Phi) is 4.31. The second-order valence-corrected chi connectivity index (χ2v) is 7.70. The molecule has 5 nitrogen and oxygen atoms in total. The fourth-order valence-electron chi connectivity index (χ4n) is 2.89. The highest BCUT2D eigenvalue weighted by molar-refractivity contribution is 7.89. The molecule has 2 heterocycles. The number of methoxy groups -OCH3 is 1. The average molecular weight is 353 g/mol. The summed E-state index contributed by atoms with van der Waals surface area (Å²) in [6, 6.07) is 8.49. The SMILES string of the molecule is COc1ccc2c(c1)CCN(S(=O)(=O)c1ccc(Cl)nc1)C2C. The minimum absolute atomic E-state index is 0.158. The van der Waals surface area contributed by atoms with E-state index in [0.717, 1.165) is 16.9 Å². The third kappa shape index (κ3) is 2.94. The quantitative estimate of drug-likeness (QED) is 0.796. The standard InChI is InChI=1S/C16H17ClN2O3S/c1-11-15-5-3-13(22-2)9-12(15)7-8-19(11)23(20,21)14-4-6-16(17)18-10-14/h3-6,9-11H,7-8H2,1-2H3. The molecule has 1 aromatic heterocycles. The summed E-state index contributed by atoms with van der Waals surface area (Å²) < 4.78 is 32.5. The van der Waals surface area contributed by atoms with Crippen molar-refractivity contribution in [3.8, 4) is 5.75 Å². The summed E-state index contributed by atoms with van der Waals surface area (Å²) in [7, 11) is -1.98. The van der Waals surface area contributed by atoms with Crippen LogP contribution in [0.1, 0.15) is 24.1 Å². The molecule has 1 aliphatic rings. The van der Waals surface area contributed by atoms with E-state index < -0.39 is 10.0 Å². The molecule has 0 N–H and O–H groups in total. The molecule has 1 aliphatic heterocycles. The Morgan fingerprint density at radius 1 is 1.30 bits per heavy atom. The number of benzene rings is 1. The van der Waals surface area contributed by atoms with Crippen molar-refractivity contribution in [2.24, 2.45) is 0 Å². The van der Waals surface area contributed by atoms with Crippen molar-refractivity contribution in [3.63, 3.8) is 0 Å². The van der Waals surface area contributed by atoms with Crippen LogP contribution in [0.5, 0.6) is 5.75 Å². The zero-order valence-electron chi connectivity index (χ0n) is 12.9. The van der Waals surface area contributed by atoms with Gasteiger partial charge in [0.25, 0.3) is 0 Å². The zero-order chi connectivity index (χ0) is 16.6. The second-order valence-electron chi connectivity index (χ2n) is 5.42. The van der Waals surface area contributed by atoms with Crippen LogP contribution < -0.4 is 4.74 Å². The highest BCUT2D eigenvalue weighted by atomic mass is 35.5. The molecule has 0 aliphatic carbocycles. The van der Waals surface area contributed by atoms with Crippen LogP contribution in [0.3, 0.4) is 0 Å². The molecule has 1 unspecified atom stereocenters. The van der Waals surface area contributed by atoms with Gasteiger partial charge in [0.1, 0.15) is 15.8 Å². The smallest absolute Gasteiger partial charge is 0.245 e. The lowest BCUT2D eigenvalue weighted by Gasteiger charge is -2.34. The molecule has 23 heavy (non-hydrogen) atoms. The number of ether oxygens (including phenoxy) is 1. The Morgan fingerprint density at radius 3 is 2.74 bits per heavy atom. The first-order valence-corrected chi connectivity index (χ1v) is 9.05. The number of pyridine rings is 1. The van der Waals surface area contributed by atoms with Crippen LogP contribution >= 0.6 is 11.6 Å². The second kappa shape index (κ2) is 6.11. The van der Waals surface area contributed by atoms with E-state index in [2.05, 4.69) is 4.98 Å². The molecule has 0 radical (unpaired) electrons. The van der Waals surface area contributed by atoms with Crippen molar-refractivity contribution in [2.75, 3.05) is 13.7 Å². The molecule has 3 rings (SSSR count). The van der Waals surface area contributed by atoms with E-state index in [1.165, 1.54) is 22.6 Å². The van der Waals surface area contributed by atoms with Gasteiger partial charge in [0.05, 0.1) is 7.11 Å². The molecule has 0 bridgehead atoms. The Bertz CT molecular complexity index is 822. The van der Waals surface area contributed by atoms with Crippen LogP contribution in [0, 0.1) is 0 Å². The Balaban J connectivity index is 1.96. The third-order valence-electron chi connectivity index (χ3n) is 4.14. The number of hydrogen-bond donors (Lipinski definition) is 0. The van der Waals surface area contributed by atoms with Gasteiger partial charge in [-0.2, -0.15) is 4.31 Å². The summed E-state index contributed by atoms with van der Waals surface area (Å²) in [5.74, 6) is 0.786. The molecule has 0 saturated heterocycles. The lowest BCUT2D eigenvalue weighted by atomic mass is 9.95. The topological polar surface area (TPSA) is 59.5 Å². The number of fused-ring (bicyclic) bond motifs is 1. The molecule has 0 spiro atoms. The Hall–Kier alpha value is -1.63. The monoisotopic (exact) mass is 352 g/mol. The number of rotatable bonds is 3. The van der Waals surface area contributed by atoms with Gasteiger partial charge in [-0.15, -0.1) is 0 Å². The summed E-state index contributed by atoms with van der Waals surface area (Å²) in [6.07, 6.45) is 1.95. The van der Waals surface area contributed by atoms with E-state index >= 15 is 0 Å². The molecule has 2 aromatic rings. The van der Waals surface area contributed by atoms with Crippen LogP contribution in [0.25, 0.3) is 0 Å². The molecule has 7 heteroatoms. The highest BCUT2D eigenvalue weighted by Crippen LogP contribution is 2.35. The maximum absolute atomic E-state index is 12.9. The van der Waals surface area contributed by atoms with Gasteiger partial charge >= 0.3 is 0 Å².